The highest BCUT2D eigenvalue weighted by Crippen LogP contribution is 2.13. The predicted octanol–water partition coefficient (Wildman–Crippen LogP) is 5.43. The molecular formula is C15H26. The average Bonchev–Trinajstić information content (AvgIpc) is 2.26. The molecule has 0 fully saturated rings. The molecule has 0 radical (unpaired) electrons. The van der Waals surface area contributed by atoms with Crippen molar-refractivity contribution in [2.45, 2.75) is 59.3 Å². The van der Waals surface area contributed by atoms with E-state index in [0.717, 1.165) is 12.8 Å². The van der Waals surface area contributed by atoms with Gasteiger partial charge in [-0.3, -0.25) is 0 Å². The van der Waals surface area contributed by atoms with Crippen molar-refractivity contribution in [3.63, 3.8) is 0 Å². The second kappa shape index (κ2) is 9.76. The van der Waals surface area contributed by atoms with Crippen molar-refractivity contribution < 1.29 is 0 Å². The first-order valence-electron chi connectivity index (χ1n) is 6.19. The Morgan fingerprint density at radius 2 is 1.73 bits per heavy atom. The minimum Gasteiger partial charge on any atom is -0.103 e. The van der Waals surface area contributed by atoms with Crippen LogP contribution in [0, 0.1) is 0 Å². The molecule has 0 heteroatoms. The molecule has 0 spiro atoms. The lowest BCUT2D eigenvalue weighted by Gasteiger charge is -2.03. The van der Waals surface area contributed by atoms with Gasteiger partial charge in [-0.25, -0.2) is 0 Å². The third kappa shape index (κ3) is 8.23. The highest BCUT2D eigenvalue weighted by molar-refractivity contribution is 5.05. The van der Waals surface area contributed by atoms with E-state index in [-0.39, 0.29) is 0 Å². The maximum Gasteiger partial charge on any atom is -0.0286 e. The SMILES string of the molecule is C=CCC/C=C(\CC)CC/C=C(/C)CC. The number of hydrogen-bond acceptors (Lipinski definition) is 0. The lowest BCUT2D eigenvalue weighted by atomic mass is 10.0. The monoisotopic (exact) mass is 206 g/mol. The van der Waals surface area contributed by atoms with E-state index in [4.69, 9.17) is 0 Å². The van der Waals surface area contributed by atoms with E-state index in [0.29, 0.717) is 0 Å². The maximum atomic E-state index is 3.74. The standard InChI is InChI=1S/C15H26/c1-5-8-9-12-15(7-3)13-10-11-14(4)6-2/h5,11-12H,1,6-10,13H2,2-4H3/b14-11-,15-12+. The summed E-state index contributed by atoms with van der Waals surface area (Å²) in [6, 6.07) is 0. The highest BCUT2D eigenvalue weighted by atomic mass is 14.0. The van der Waals surface area contributed by atoms with Crippen molar-refractivity contribution in [3.8, 4) is 0 Å². The molecule has 0 N–H and O–H groups in total. The van der Waals surface area contributed by atoms with Crippen LogP contribution >= 0.6 is 0 Å². The third-order valence-corrected chi connectivity index (χ3v) is 2.77. The third-order valence-electron chi connectivity index (χ3n) is 2.77. The van der Waals surface area contributed by atoms with E-state index in [1.54, 1.807) is 5.57 Å². The van der Waals surface area contributed by atoms with E-state index >= 15 is 0 Å². The van der Waals surface area contributed by atoms with Crippen LogP contribution in [0.2, 0.25) is 0 Å². The Hall–Kier alpha value is -0.780. The Morgan fingerprint density at radius 1 is 1.00 bits per heavy atom. The van der Waals surface area contributed by atoms with E-state index in [9.17, 15) is 0 Å². The molecule has 15 heavy (non-hydrogen) atoms. The molecule has 0 rings (SSSR count). The number of hydrogen-bond donors (Lipinski definition) is 0. The van der Waals surface area contributed by atoms with Crippen LogP contribution in [0.25, 0.3) is 0 Å². The lowest BCUT2D eigenvalue weighted by molar-refractivity contribution is 0.875. The van der Waals surface area contributed by atoms with E-state index in [1.165, 1.54) is 31.3 Å². The summed E-state index contributed by atoms with van der Waals surface area (Å²) in [7, 11) is 0. The van der Waals surface area contributed by atoms with Gasteiger partial charge >= 0.3 is 0 Å². The van der Waals surface area contributed by atoms with Gasteiger partial charge in [-0.15, -0.1) is 6.58 Å². The van der Waals surface area contributed by atoms with Crippen molar-refractivity contribution in [1.82, 2.24) is 0 Å². The molecule has 0 saturated carbocycles. The average molecular weight is 206 g/mol. The summed E-state index contributed by atoms with van der Waals surface area (Å²) in [5, 5.41) is 0. The molecule has 0 saturated heterocycles. The molecule has 0 aromatic rings. The smallest absolute Gasteiger partial charge is 0.0286 e. The summed E-state index contributed by atoms with van der Waals surface area (Å²) in [6.07, 6.45) is 13.8. The second-order valence-electron chi connectivity index (χ2n) is 4.02. The van der Waals surface area contributed by atoms with E-state index < -0.39 is 0 Å². The van der Waals surface area contributed by atoms with Crippen LogP contribution in [0.15, 0.2) is 36.0 Å². The zero-order valence-electron chi connectivity index (χ0n) is 10.7. The van der Waals surface area contributed by atoms with Crippen LogP contribution in [0.3, 0.4) is 0 Å². The first-order valence-corrected chi connectivity index (χ1v) is 6.19. The fourth-order valence-corrected chi connectivity index (χ4v) is 1.48. The first-order chi connectivity index (χ1) is 7.24. The Bertz CT molecular complexity index is 218. The molecule has 0 aliphatic heterocycles. The van der Waals surface area contributed by atoms with Gasteiger partial charge in [-0.1, -0.05) is 43.2 Å². The summed E-state index contributed by atoms with van der Waals surface area (Å²) in [4.78, 5) is 0. The summed E-state index contributed by atoms with van der Waals surface area (Å²) < 4.78 is 0. The van der Waals surface area contributed by atoms with Gasteiger partial charge in [0.05, 0.1) is 0 Å². The van der Waals surface area contributed by atoms with Crippen LogP contribution in [0.5, 0.6) is 0 Å². The summed E-state index contributed by atoms with van der Waals surface area (Å²) >= 11 is 0. The Kier molecular flexibility index (Phi) is 9.26. The van der Waals surface area contributed by atoms with Crippen LogP contribution in [0.1, 0.15) is 59.3 Å². The quantitative estimate of drug-likeness (QED) is 0.367. The van der Waals surface area contributed by atoms with Crippen molar-refractivity contribution in [1.29, 1.82) is 0 Å². The fourth-order valence-electron chi connectivity index (χ4n) is 1.48. The second-order valence-corrected chi connectivity index (χ2v) is 4.02. The normalized spacial score (nSPS) is 13.0. The molecule has 0 aliphatic rings. The molecule has 0 atom stereocenters. The van der Waals surface area contributed by atoms with Crippen LogP contribution in [0.4, 0.5) is 0 Å². The summed E-state index contributed by atoms with van der Waals surface area (Å²) in [5.41, 5.74) is 3.11. The Balaban J connectivity index is 3.89. The maximum absolute atomic E-state index is 3.74. The predicted molar refractivity (Wildman–Crippen MR) is 71.1 cm³/mol. The molecule has 0 aliphatic carbocycles. The molecule has 0 bridgehead atoms. The fraction of sp³-hybridized carbons (Fsp3) is 0.600. The molecule has 0 nitrogen and oxygen atoms in total. The molecule has 0 amide bonds. The van der Waals surface area contributed by atoms with Crippen molar-refractivity contribution in [3.05, 3.63) is 36.0 Å². The topological polar surface area (TPSA) is 0 Å². The summed E-state index contributed by atoms with van der Waals surface area (Å²) in [6.45, 7) is 10.4. The molecule has 0 heterocycles. The number of allylic oxidation sites excluding steroid dienone is 5. The van der Waals surface area contributed by atoms with E-state index in [2.05, 4.69) is 39.5 Å². The molecule has 0 aromatic heterocycles. The van der Waals surface area contributed by atoms with Crippen LogP contribution in [-0.4, -0.2) is 0 Å². The van der Waals surface area contributed by atoms with Crippen LogP contribution in [-0.2, 0) is 0 Å². The number of rotatable bonds is 8. The van der Waals surface area contributed by atoms with Crippen molar-refractivity contribution in [2.75, 3.05) is 0 Å². The van der Waals surface area contributed by atoms with Crippen LogP contribution < -0.4 is 0 Å². The Morgan fingerprint density at radius 3 is 2.27 bits per heavy atom. The number of unbranched alkanes of at least 4 members (excludes halogenated alkanes) is 1. The minimum absolute atomic E-state index is 1.10. The van der Waals surface area contributed by atoms with Gasteiger partial charge in [0.1, 0.15) is 0 Å². The van der Waals surface area contributed by atoms with Gasteiger partial charge in [0, 0.05) is 0 Å². The molecule has 0 unspecified atom stereocenters. The van der Waals surface area contributed by atoms with Crippen molar-refractivity contribution in [2.24, 2.45) is 0 Å². The van der Waals surface area contributed by atoms with Gasteiger partial charge in [0.15, 0.2) is 0 Å². The van der Waals surface area contributed by atoms with E-state index in [1.807, 2.05) is 6.08 Å². The zero-order chi connectivity index (χ0) is 11.5. The largest absolute Gasteiger partial charge is 0.103 e. The van der Waals surface area contributed by atoms with Gasteiger partial charge in [0.25, 0.3) is 0 Å². The highest BCUT2D eigenvalue weighted by Gasteiger charge is 1.93. The lowest BCUT2D eigenvalue weighted by Crippen LogP contribution is -1.82. The van der Waals surface area contributed by atoms with Crippen molar-refractivity contribution >= 4 is 0 Å². The van der Waals surface area contributed by atoms with Gasteiger partial charge < -0.3 is 0 Å². The van der Waals surface area contributed by atoms with Gasteiger partial charge in [0.2, 0.25) is 0 Å². The Labute approximate surface area is 95.8 Å². The molecular weight excluding hydrogens is 180 g/mol. The molecule has 0 aromatic carbocycles. The zero-order valence-corrected chi connectivity index (χ0v) is 10.7. The first kappa shape index (κ1) is 14.2. The van der Waals surface area contributed by atoms with Gasteiger partial charge in [-0.2, -0.15) is 0 Å². The minimum atomic E-state index is 1.10. The molecule has 86 valence electrons. The van der Waals surface area contributed by atoms with Gasteiger partial charge in [-0.05, 0) is 45.4 Å². The summed E-state index contributed by atoms with van der Waals surface area (Å²) in [5.74, 6) is 0.